The molecule has 0 amide bonds. The number of carbonyl (C=O) groups excluding carboxylic acids is 1. The molecule has 2 nitrogen and oxygen atoms in total. The van der Waals surface area contributed by atoms with E-state index in [1.807, 2.05) is 50.3 Å². The van der Waals surface area contributed by atoms with Crippen LogP contribution in [0.5, 0.6) is 0 Å². The van der Waals surface area contributed by atoms with E-state index >= 15 is 0 Å². The van der Waals surface area contributed by atoms with Gasteiger partial charge in [-0.25, -0.2) is 4.79 Å². The molecule has 0 N–H and O–H groups in total. The third-order valence-corrected chi connectivity index (χ3v) is 3.84. The summed E-state index contributed by atoms with van der Waals surface area (Å²) in [5.41, 5.74) is 1.06. The summed E-state index contributed by atoms with van der Waals surface area (Å²) in [6.45, 7) is 7.61. The van der Waals surface area contributed by atoms with Crippen LogP contribution < -0.4 is 0 Å². The molecule has 1 aromatic carbocycles. The lowest BCUT2D eigenvalue weighted by Gasteiger charge is -2.21. The van der Waals surface area contributed by atoms with Crippen molar-refractivity contribution in [2.45, 2.75) is 19.4 Å². The molecule has 0 aromatic heterocycles. The fraction of sp³-hybridized carbons (Fsp3) is 0.267. The van der Waals surface area contributed by atoms with E-state index in [1.54, 1.807) is 0 Å². The fourth-order valence-corrected chi connectivity index (χ4v) is 2.49. The van der Waals surface area contributed by atoms with Gasteiger partial charge in [-0.3, -0.25) is 0 Å². The van der Waals surface area contributed by atoms with E-state index < -0.39 is 5.60 Å². The molecule has 1 heterocycles. The molecule has 1 saturated heterocycles. The normalized spacial score (nSPS) is 22.5. The summed E-state index contributed by atoms with van der Waals surface area (Å²) in [6, 6.07) is 7.93. The molecule has 2 rings (SSSR count). The molecule has 1 unspecified atom stereocenters. The van der Waals surface area contributed by atoms with Crippen molar-refractivity contribution in [3.05, 3.63) is 52.5 Å². The van der Waals surface area contributed by atoms with E-state index in [1.165, 1.54) is 0 Å². The number of carbonyl (C=O) groups is 1. The highest BCUT2D eigenvalue weighted by molar-refractivity contribution is 9.10. The number of cyclic esters (lactones) is 1. The van der Waals surface area contributed by atoms with Gasteiger partial charge in [0.15, 0.2) is 0 Å². The highest BCUT2D eigenvalue weighted by atomic mass is 79.9. The third kappa shape index (κ3) is 2.41. The van der Waals surface area contributed by atoms with Crippen molar-refractivity contribution in [3.8, 4) is 0 Å². The topological polar surface area (TPSA) is 26.3 Å². The Morgan fingerprint density at radius 2 is 2.06 bits per heavy atom. The minimum Gasteiger partial charge on any atom is -0.455 e. The lowest BCUT2D eigenvalue weighted by atomic mass is 9.87. The van der Waals surface area contributed by atoms with Gasteiger partial charge in [0, 0.05) is 16.0 Å². The molecule has 3 heteroatoms. The minimum absolute atomic E-state index is 0.0860. The highest BCUT2D eigenvalue weighted by Gasteiger charge is 2.43. The number of ether oxygens (including phenoxy) is 1. The van der Waals surface area contributed by atoms with E-state index in [9.17, 15) is 4.79 Å². The summed E-state index contributed by atoms with van der Waals surface area (Å²) in [5, 5.41) is 0. The Morgan fingerprint density at radius 1 is 1.39 bits per heavy atom. The predicted octanol–water partition coefficient (Wildman–Crippen LogP) is 3.97. The van der Waals surface area contributed by atoms with Crippen molar-refractivity contribution in [2.75, 3.05) is 0 Å². The molecular weight excluding hydrogens is 292 g/mol. The van der Waals surface area contributed by atoms with Crippen molar-refractivity contribution >= 4 is 28.0 Å². The van der Waals surface area contributed by atoms with Gasteiger partial charge in [0.1, 0.15) is 5.60 Å². The monoisotopic (exact) mass is 306 g/mol. The second-order valence-corrected chi connectivity index (χ2v) is 5.73. The number of esters is 1. The zero-order chi connectivity index (χ0) is 13.3. The molecule has 0 saturated carbocycles. The summed E-state index contributed by atoms with van der Waals surface area (Å²) in [7, 11) is 0. The van der Waals surface area contributed by atoms with Crippen molar-refractivity contribution in [1.29, 1.82) is 0 Å². The van der Waals surface area contributed by atoms with Crippen LogP contribution in [0.3, 0.4) is 0 Å². The van der Waals surface area contributed by atoms with Gasteiger partial charge in [-0.2, -0.15) is 0 Å². The van der Waals surface area contributed by atoms with Crippen LogP contribution in [-0.4, -0.2) is 11.6 Å². The molecule has 1 aliphatic rings. The van der Waals surface area contributed by atoms with Crippen LogP contribution in [-0.2, 0) is 9.53 Å². The van der Waals surface area contributed by atoms with Crippen molar-refractivity contribution in [3.63, 3.8) is 0 Å². The number of rotatable bonds is 2. The number of halogens is 1. The van der Waals surface area contributed by atoms with Gasteiger partial charge in [0.2, 0.25) is 0 Å². The molecule has 94 valence electrons. The first-order valence-corrected chi connectivity index (χ1v) is 6.56. The Bertz CT molecular complexity index is 529. The maximum atomic E-state index is 11.5. The highest BCUT2D eigenvalue weighted by Crippen LogP contribution is 2.37. The molecule has 0 radical (unpaired) electrons. The maximum Gasteiger partial charge on any atom is 0.334 e. The smallest absolute Gasteiger partial charge is 0.334 e. The average molecular weight is 307 g/mol. The largest absolute Gasteiger partial charge is 0.455 e. The molecule has 1 aliphatic heterocycles. The first kappa shape index (κ1) is 13.1. The molecule has 0 spiro atoms. The summed E-state index contributed by atoms with van der Waals surface area (Å²) in [4.78, 5) is 11.5. The van der Waals surface area contributed by atoms with Crippen molar-refractivity contribution in [2.24, 2.45) is 5.92 Å². The summed E-state index contributed by atoms with van der Waals surface area (Å²) in [6.07, 6.45) is 3.97. The lowest BCUT2D eigenvalue weighted by molar-refractivity contribution is -0.144. The molecule has 18 heavy (non-hydrogen) atoms. The summed E-state index contributed by atoms with van der Waals surface area (Å²) >= 11 is 3.49. The van der Waals surface area contributed by atoms with Gasteiger partial charge in [0.25, 0.3) is 0 Å². The number of benzene rings is 1. The van der Waals surface area contributed by atoms with Gasteiger partial charge < -0.3 is 4.74 Å². The fourth-order valence-electron chi connectivity index (χ4n) is 2.07. The zero-order valence-corrected chi connectivity index (χ0v) is 12.0. The second kappa shape index (κ2) is 4.73. The standard InChI is InChI=1S/C15H15BrO2/c1-10-12(15(2,3)18-14(10)17)9-8-11-6-4-5-7-13(11)16/h4-9,12H,1H2,2-3H3/b9-8-. The molecule has 0 aliphatic carbocycles. The predicted molar refractivity (Wildman–Crippen MR) is 76.0 cm³/mol. The maximum absolute atomic E-state index is 11.5. The Morgan fingerprint density at radius 3 is 2.61 bits per heavy atom. The van der Waals surface area contributed by atoms with Crippen molar-refractivity contribution < 1.29 is 9.53 Å². The van der Waals surface area contributed by atoms with E-state index in [2.05, 4.69) is 22.5 Å². The zero-order valence-electron chi connectivity index (χ0n) is 10.4. The summed E-state index contributed by atoms with van der Waals surface area (Å²) < 4.78 is 6.31. The Kier molecular flexibility index (Phi) is 3.44. The first-order chi connectivity index (χ1) is 8.42. The van der Waals surface area contributed by atoms with Crippen LogP contribution in [0.2, 0.25) is 0 Å². The quantitative estimate of drug-likeness (QED) is 0.610. The lowest BCUT2D eigenvalue weighted by Crippen LogP contribution is -2.26. The first-order valence-electron chi connectivity index (χ1n) is 5.76. The van der Waals surface area contributed by atoms with Crippen LogP contribution in [0.4, 0.5) is 0 Å². The molecule has 1 fully saturated rings. The van der Waals surface area contributed by atoms with Gasteiger partial charge in [-0.1, -0.05) is 52.9 Å². The van der Waals surface area contributed by atoms with Crippen LogP contribution in [0.1, 0.15) is 19.4 Å². The van der Waals surface area contributed by atoms with E-state index in [0.717, 1.165) is 10.0 Å². The third-order valence-electron chi connectivity index (χ3n) is 3.12. The van der Waals surface area contributed by atoms with Crippen LogP contribution in [0.25, 0.3) is 6.08 Å². The number of hydrogen-bond acceptors (Lipinski definition) is 2. The average Bonchev–Trinajstić information content (AvgIpc) is 2.48. The summed E-state index contributed by atoms with van der Waals surface area (Å²) in [5.74, 6) is -0.390. The van der Waals surface area contributed by atoms with Crippen molar-refractivity contribution in [1.82, 2.24) is 0 Å². The van der Waals surface area contributed by atoms with Gasteiger partial charge in [0.05, 0.1) is 0 Å². The van der Waals surface area contributed by atoms with Gasteiger partial charge in [-0.05, 0) is 25.5 Å². The SMILES string of the molecule is C=C1C(=O)OC(C)(C)C1/C=C\c1ccccc1Br. The molecular formula is C15H15BrO2. The Balaban J connectivity index is 2.27. The van der Waals surface area contributed by atoms with Gasteiger partial charge >= 0.3 is 5.97 Å². The Labute approximate surface area is 115 Å². The number of hydrogen-bond donors (Lipinski definition) is 0. The molecule has 0 bridgehead atoms. The molecule has 1 aromatic rings. The van der Waals surface area contributed by atoms with Gasteiger partial charge in [-0.15, -0.1) is 0 Å². The van der Waals surface area contributed by atoms with Crippen LogP contribution in [0.15, 0.2) is 47.0 Å². The second-order valence-electron chi connectivity index (χ2n) is 4.88. The van der Waals surface area contributed by atoms with Crippen LogP contribution >= 0.6 is 15.9 Å². The van der Waals surface area contributed by atoms with E-state index in [-0.39, 0.29) is 11.9 Å². The van der Waals surface area contributed by atoms with E-state index in [4.69, 9.17) is 4.74 Å². The Hall–Kier alpha value is -1.35. The van der Waals surface area contributed by atoms with Crippen LogP contribution in [0, 0.1) is 5.92 Å². The molecule has 1 atom stereocenters. The van der Waals surface area contributed by atoms with E-state index in [0.29, 0.717) is 5.57 Å². The minimum atomic E-state index is -0.522.